The Morgan fingerprint density at radius 3 is 0.458 bits per heavy atom. The molecule has 0 aromatic rings. The molecule has 0 aliphatic heterocycles. The largest absolute Gasteiger partial charge is 1.00 e. The second-order valence-electron chi connectivity index (χ2n) is 16.3. The molecule has 292 valence electrons. The molecule has 0 spiro atoms. The molecule has 0 saturated carbocycles. The second-order valence-corrected chi connectivity index (χ2v) is 20.7. The van der Waals surface area contributed by atoms with Crippen LogP contribution in [-0.2, 0) is 0 Å². The lowest BCUT2D eigenvalue weighted by Crippen LogP contribution is -3.00. The topological polar surface area (TPSA) is 0 Å². The molecule has 0 aromatic carbocycles. The Kier molecular flexibility index (Phi) is 46.5. The average molecular weight is 716 g/mol. The summed E-state index contributed by atoms with van der Waals surface area (Å²) in [5.41, 5.74) is 0. The van der Waals surface area contributed by atoms with E-state index < -0.39 is 7.26 Å². The Hall–Kier alpha value is 0.720. The van der Waals surface area contributed by atoms with Crippen molar-refractivity contribution < 1.29 is 12.4 Å². The van der Waals surface area contributed by atoms with Crippen molar-refractivity contribution in [1.82, 2.24) is 0 Å². The van der Waals surface area contributed by atoms with Crippen LogP contribution >= 0.6 is 7.26 Å². The Labute approximate surface area is 314 Å². The van der Waals surface area contributed by atoms with Gasteiger partial charge in [0, 0.05) is 7.26 Å². The second kappa shape index (κ2) is 43.9. The van der Waals surface area contributed by atoms with Gasteiger partial charge in [-0.2, -0.15) is 0 Å². The zero-order valence-corrected chi connectivity index (χ0v) is 36.2. The smallest absolute Gasteiger partial charge is 0.0594 e. The molecule has 0 aliphatic rings. The molecule has 0 rings (SSSR count). The fourth-order valence-corrected chi connectivity index (χ4v) is 13.0. The van der Waals surface area contributed by atoms with Crippen LogP contribution in [0.1, 0.15) is 272 Å². The van der Waals surface area contributed by atoms with Crippen molar-refractivity contribution in [3.63, 3.8) is 0 Å². The van der Waals surface area contributed by atoms with Crippen molar-refractivity contribution in [3.05, 3.63) is 0 Å². The van der Waals surface area contributed by atoms with Gasteiger partial charge in [-0.25, -0.2) is 0 Å². The van der Waals surface area contributed by atoms with Crippen LogP contribution < -0.4 is 12.4 Å². The number of rotatable bonds is 42. The third-order valence-corrected chi connectivity index (χ3v) is 16.5. The molecule has 0 unspecified atom stereocenters. The maximum atomic E-state index is 2.37. The third-order valence-electron chi connectivity index (χ3n) is 11.4. The Morgan fingerprint density at radius 1 is 0.188 bits per heavy atom. The lowest BCUT2D eigenvalue weighted by atomic mass is 10.0. The Balaban J connectivity index is 0. The maximum absolute atomic E-state index is 2.37. The molecule has 48 heavy (non-hydrogen) atoms. The minimum absolute atomic E-state index is 0. The lowest BCUT2D eigenvalue weighted by molar-refractivity contribution is -0.0000106. The van der Waals surface area contributed by atoms with Gasteiger partial charge in [0.1, 0.15) is 0 Å². The first-order valence-electron chi connectivity index (χ1n) is 23.1. The van der Waals surface area contributed by atoms with Gasteiger partial charge in [0.15, 0.2) is 0 Å². The van der Waals surface area contributed by atoms with Crippen molar-refractivity contribution in [3.8, 4) is 0 Å². The van der Waals surface area contributed by atoms with Gasteiger partial charge in [-0.3, -0.25) is 0 Å². The Morgan fingerprint density at radius 2 is 0.312 bits per heavy atom. The molecule has 0 radical (unpaired) electrons. The zero-order chi connectivity index (χ0) is 34.2. The van der Waals surface area contributed by atoms with Crippen LogP contribution in [0.25, 0.3) is 0 Å². The van der Waals surface area contributed by atoms with E-state index >= 15 is 0 Å². The molecule has 0 aliphatic carbocycles. The highest BCUT2D eigenvalue weighted by Crippen LogP contribution is 2.61. The van der Waals surface area contributed by atoms with Crippen LogP contribution in [0.3, 0.4) is 0 Å². The quantitative estimate of drug-likeness (QED) is 0.0436. The summed E-state index contributed by atoms with van der Waals surface area (Å²) in [6, 6.07) is 0. The van der Waals surface area contributed by atoms with Crippen molar-refractivity contribution in [2.45, 2.75) is 272 Å². The summed E-state index contributed by atoms with van der Waals surface area (Å²) in [6.07, 6.45) is 63.2. The summed E-state index contributed by atoms with van der Waals surface area (Å²) in [5.74, 6) is 0. The van der Waals surface area contributed by atoms with E-state index in [4.69, 9.17) is 0 Å². The van der Waals surface area contributed by atoms with Crippen molar-refractivity contribution in [2.75, 3.05) is 24.6 Å². The average Bonchev–Trinajstić information content (AvgIpc) is 3.08. The molecule has 0 bridgehead atoms. The van der Waals surface area contributed by atoms with E-state index in [1.54, 1.807) is 50.3 Å². The van der Waals surface area contributed by atoms with Gasteiger partial charge in [0.25, 0.3) is 0 Å². The van der Waals surface area contributed by atoms with Crippen molar-refractivity contribution in [1.29, 1.82) is 0 Å². The van der Waals surface area contributed by atoms with Crippen LogP contribution in [0.15, 0.2) is 0 Å². The first-order valence-corrected chi connectivity index (χ1v) is 25.6. The van der Waals surface area contributed by atoms with Crippen LogP contribution in [0.2, 0.25) is 0 Å². The zero-order valence-electron chi connectivity index (χ0n) is 34.5. The van der Waals surface area contributed by atoms with E-state index in [2.05, 4.69) is 27.7 Å². The molecule has 0 aromatic heterocycles. The molecule has 0 N–H and O–H groups in total. The fraction of sp³-hybridized carbons (Fsp3) is 1.00. The molecule has 0 saturated heterocycles. The highest BCUT2D eigenvalue weighted by molar-refractivity contribution is 7.75. The molecule has 0 amide bonds. The van der Waals surface area contributed by atoms with Gasteiger partial charge in [-0.15, -0.1) is 0 Å². The highest BCUT2D eigenvalue weighted by atomic mass is 35.5. The summed E-state index contributed by atoms with van der Waals surface area (Å²) < 4.78 is 0. The lowest BCUT2D eigenvalue weighted by Gasteiger charge is -2.28. The first-order chi connectivity index (χ1) is 23.2. The summed E-state index contributed by atoms with van der Waals surface area (Å²) in [4.78, 5) is 0. The predicted octanol–water partition coefficient (Wildman–Crippen LogP) is 14.9. The monoisotopic (exact) mass is 715 g/mol. The first kappa shape index (κ1) is 50.8. The van der Waals surface area contributed by atoms with Gasteiger partial charge in [0.2, 0.25) is 0 Å². The van der Waals surface area contributed by atoms with E-state index in [-0.39, 0.29) is 12.4 Å². The standard InChI is InChI=1S/C46H96P.ClH/c1-5-9-13-17-19-21-23-25-27-29-31-33-37-41-45-47(43-39-35-15-11-7-3,44-40-36-16-12-8-4)46-42-38-34-32-30-28-26-24-22-20-18-14-10-6-2;/h5-46H2,1-4H3;1H/q+1;/p-1. The number of hydrogen-bond donors (Lipinski definition) is 0. The van der Waals surface area contributed by atoms with Crippen LogP contribution in [0, 0.1) is 0 Å². The minimum atomic E-state index is -0.762. The SMILES string of the molecule is CCCCCCCCCCCCCCCC[P+](CCCCCCC)(CCCCCCC)CCCCCCCCCCCCCCCC.[Cl-]. The summed E-state index contributed by atoms with van der Waals surface area (Å²) in [6.45, 7) is 9.40. The maximum Gasteiger partial charge on any atom is 0.0594 e. The minimum Gasteiger partial charge on any atom is -1.00 e. The molecule has 0 heterocycles. The van der Waals surface area contributed by atoms with Crippen LogP contribution in [0.5, 0.6) is 0 Å². The van der Waals surface area contributed by atoms with E-state index in [0.717, 1.165) is 0 Å². The molecule has 0 fully saturated rings. The predicted molar refractivity (Wildman–Crippen MR) is 225 cm³/mol. The molecular weight excluding hydrogens is 619 g/mol. The van der Waals surface area contributed by atoms with Gasteiger partial charge >= 0.3 is 0 Å². The number of halogens is 1. The normalized spacial score (nSPS) is 11.8. The number of hydrogen-bond acceptors (Lipinski definition) is 0. The Bertz CT molecular complexity index is 500. The fourth-order valence-electron chi connectivity index (χ4n) is 8.06. The molecule has 2 heteroatoms. The van der Waals surface area contributed by atoms with Gasteiger partial charge in [-0.05, 0) is 51.4 Å². The highest BCUT2D eigenvalue weighted by Gasteiger charge is 2.35. The summed E-state index contributed by atoms with van der Waals surface area (Å²) in [5, 5.41) is 0. The molecular formula is C46H96ClP. The number of unbranched alkanes of at least 4 members (excludes halogenated alkanes) is 34. The summed E-state index contributed by atoms with van der Waals surface area (Å²) in [7, 11) is -0.762. The van der Waals surface area contributed by atoms with Crippen LogP contribution in [0.4, 0.5) is 0 Å². The van der Waals surface area contributed by atoms with Crippen molar-refractivity contribution in [2.24, 2.45) is 0 Å². The summed E-state index contributed by atoms with van der Waals surface area (Å²) >= 11 is 0. The van der Waals surface area contributed by atoms with Gasteiger partial charge in [0.05, 0.1) is 24.6 Å². The van der Waals surface area contributed by atoms with Gasteiger partial charge in [-0.1, -0.05) is 220 Å². The van der Waals surface area contributed by atoms with E-state index in [0.29, 0.717) is 0 Å². The van der Waals surface area contributed by atoms with E-state index in [9.17, 15) is 0 Å². The van der Waals surface area contributed by atoms with Crippen LogP contribution in [-0.4, -0.2) is 24.6 Å². The van der Waals surface area contributed by atoms with E-state index in [1.807, 2.05) is 0 Å². The van der Waals surface area contributed by atoms with Gasteiger partial charge < -0.3 is 12.4 Å². The third kappa shape index (κ3) is 38.0. The van der Waals surface area contributed by atoms with E-state index in [1.165, 1.54) is 218 Å². The molecule has 0 nitrogen and oxygen atoms in total. The molecule has 0 atom stereocenters. The van der Waals surface area contributed by atoms with Crippen molar-refractivity contribution >= 4 is 7.26 Å².